The summed E-state index contributed by atoms with van der Waals surface area (Å²) >= 11 is 0. The van der Waals surface area contributed by atoms with Crippen LogP contribution < -0.4 is 4.72 Å². The number of halogens is 1. The molecule has 1 rings (SSSR count). The highest BCUT2D eigenvalue weighted by Crippen LogP contribution is 2.14. The molecule has 0 bridgehead atoms. The Bertz CT molecular complexity index is 473. The van der Waals surface area contributed by atoms with Gasteiger partial charge in [0.1, 0.15) is 5.82 Å². The van der Waals surface area contributed by atoms with E-state index in [1.165, 1.54) is 26.0 Å². The highest BCUT2D eigenvalue weighted by Gasteiger charge is 2.17. The molecule has 0 spiro atoms. The molecule has 0 radical (unpaired) electrons. The summed E-state index contributed by atoms with van der Waals surface area (Å²) < 4.78 is 38.7. The summed E-state index contributed by atoms with van der Waals surface area (Å²) in [5, 5.41) is 8.76. The smallest absolute Gasteiger partial charge is 0.240 e. The molecule has 0 aliphatic heterocycles. The molecule has 0 saturated carbocycles. The Morgan fingerprint density at radius 3 is 2.62 bits per heavy atom. The third kappa shape index (κ3) is 3.01. The Labute approximate surface area is 94.2 Å². The highest BCUT2D eigenvalue weighted by atomic mass is 32.2. The van der Waals surface area contributed by atoms with E-state index in [-0.39, 0.29) is 17.1 Å². The molecule has 0 fully saturated rings. The normalized spacial score (nSPS) is 13.8. The van der Waals surface area contributed by atoms with Gasteiger partial charge in [0.25, 0.3) is 0 Å². The van der Waals surface area contributed by atoms with Crippen LogP contribution >= 0.6 is 0 Å². The summed E-state index contributed by atoms with van der Waals surface area (Å²) in [5.41, 5.74) is 0.263. The number of rotatable bonds is 4. The predicted octanol–water partition coefficient (Wildman–Crippen LogP) is 0.793. The molecule has 0 heterocycles. The van der Waals surface area contributed by atoms with Crippen molar-refractivity contribution in [3.8, 4) is 0 Å². The Kier molecular flexibility index (Phi) is 4.01. The second-order valence-electron chi connectivity index (χ2n) is 3.62. The van der Waals surface area contributed by atoms with E-state index >= 15 is 0 Å². The third-order valence-corrected chi connectivity index (χ3v) is 3.66. The molecule has 6 heteroatoms. The molecule has 0 aliphatic rings. The predicted molar refractivity (Wildman–Crippen MR) is 58.0 cm³/mol. The third-order valence-electron chi connectivity index (χ3n) is 2.07. The molecule has 0 amide bonds. The number of aliphatic hydroxyl groups excluding tert-OH is 1. The number of benzene rings is 1. The summed E-state index contributed by atoms with van der Waals surface area (Å²) in [6.45, 7) is 2.73. The van der Waals surface area contributed by atoms with Gasteiger partial charge in [-0.1, -0.05) is 0 Å². The van der Waals surface area contributed by atoms with Crippen LogP contribution in [0.1, 0.15) is 12.5 Å². The van der Waals surface area contributed by atoms with Crippen LogP contribution in [0.15, 0.2) is 23.1 Å². The first-order chi connectivity index (χ1) is 7.36. The Balaban J connectivity index is 3.03. The van der Waals surface area contributed by atoms with E-state index in [1.54, 1.807) is 0 Å². The van der Waals surface area contributed by atoms with Crippen molar-refractivity contribution in [1.82, 2.24) is 4.72 Å². The van der Waals surface area contributed by atoms with Gasteiger partial charge in [-0.15, -0.1) is 0 Å². The lowest BCUT2D eigenvalue weighted by atomic mass is 10.2. The van der Waals surface area contributed by atoms with Crippen LogP contribution in [0.4, 0.5) is 4.39 Å². The number of aliphatic hydroxyl groups is 1. The number of sulfonamides is 1. The first-order valence-electron chi connectivity index (χ1n) is 4.76. The van der Waals surface area contributed by atoms with Gasteiger partial charge in [-0.3, -0.25) is 0 Å². The summed E-state index contributed by atoms with van der Waals surface area (Å²) in [6.07, 6.45) is 0. The minimum absolute atomic E-state index is 0.00769. The van der Waals surface area contributed by atoms with Gasteiger partial charge >= 0.3 is 0 Å². The maximum atomic E-state index is 13.0. The number of aryl methyl sites for hydroxylation is 1. The van der Waals surface area contributed by atoms with Gasteiger partial charge in [0.15, 0.2) is 0 Å². The van der Waals surface area contributed by atoms with Crippen LogP contribution in [-0.2, 0) is 10.0 Å². The Hall–Kier alpha value is -0.980. The van der Waals surface area contributed by atoms with Crippen LogP contribution in [0.25, 0.3) is 0 Å². The number of hydrogen-bond donors (Lipinski definition) is 2. The van der Waals surface area contributed by atoms with Gasteiger partial charge < -0.3 is 5.11 Å². The van der Waals surface area contributed by atoms with Gasteiger partial charge in [-0.2, -0.15) is 0 Å². The zero-order valence-corrected chi connectivity index (χ0v) is 9.88. The van der Waals surface area contributed by atoms with Crippen LogP contribution in [0.3, 0.4) is 0 Å². The molecule has 1 aromatic carbocycles. The van der Waals surface area contributed by atoms with Crippen molar-refractivity contribution in [3.05, 3.63) is 29.6 Å². The second kappa shape index (κ2) is 4.90. The molecule has 4 nitrogen and oxygen atoms in total. The van der Waals surface area contributed by atoms with Gasteiger partial charge in [-0.05, 0) is 37.6 Å². The zero-order valence-electron chi connectivity index (χ0n) is 9.07. The van der Waals surface area contributed by atoms with E-state index in [9.17, 15) is 12.8 Å². The van der Waals surface area contributed by atoms with E-state index < -0.39 is 21.9 Å². The van der Waals surface area contributed by atoms with E-state index in [2.05, 4.69) is 4.72 Å². The van der Waals surface area contributed by atoms with Crippen LogP contribution in [0.2, 0.25) is 0 Å². The lowest BCUT2D eigenvalue weighted by Crippen LogP contribution is -2.35. The molecule has 0 aliphatic carbocycles. The van der Waals surface area contributed by atoms with E-state index in [1.807, 2.05) is 0 Å². The quantitative estimate of drug-likeness (QED) is 0.826. The van der Waals surface area contributed by atoms with E-state index in [0.29, 0.717) is 0 Å². The van der Waals surface area contributed by atoms with Crippen molar-refractivity contribution in [2.24, 2.45) is 0 Å². The van der Waals surface area contributed by atoms with Gasteiger partial charge in [-0.25, -0.2) is 17.5 Å². The van der Waals surface area contributed by atoms with Crippen molar-refractivity contribution in [3.63, 3.8) is 0 Å². The first-order valence-corrected chi connectivity index (χ1v) is 6.24. The molecule has 0 saturated heterocycles. The van der Waals surface area contributed by atoms with E-state index in [4.69, 9.17) is 5.11 Å². The molecule has 1 unspecified atom stereocenters. The Morgan fingerprint density at radius 2 is 2.12 bits per heavy atom. The number of nitrogens with one attached hydrogen (secondary N) is 1. The van der Waals surface area contributed by atoms with Crippen LogP contribution in [0.5, 0.6) is 0 Å². The van der Waals surface area contributed by atoms with Gasteiger partial charge in [0.2, 0.25) is 10.0 Å². The monoisotopic (exact) mass is 247 g/mol. The lowest BCUT2D eigenvalue weighted by molar-refractivity contribution is 0.265. The average Bonchev–Trinajstić information content (AvgIpc) is 2.21. The summed E-state index contributed by atoms with van der Waals surface area (Å²) in [5.74, 6) is -0.450. The minimum Gasteiger partial charge on any atom is -0.395 e. The standard InChI is InChI=1S/C10H14FNO3S/c1-7-5-9(3-4-10(7)11)16(14,15)12-8(2)6-13/h3-5,8,12-13H,6H2,1-2H3. The lowest BCUT2D eigenvalue weighted by Gasteiger charge is -2.11. The van der Waals surface area contributed by atoms with Gasteiger partial charge in [0.05, 0.1) is 11.5 Å². The van der Waals surface area contributed by atoms with Gasteiger partial charge in [0, 0.05) is 6.04 Å². The van der Waals surface area contributed by atoms with Crippen molar-refractivity contribution in [2.75, 3.05) is 6.61 Å². The fourth-order valence-electron chi connectivity index (χ4n) is 1.15. The van der Waals surface area contributed by atoms with Crippen molar-refractivity contribution < 1.29 is 17.9 Å². The maximum absolute atomic E-state index is 13.0. The molecular weight excluding hydrogens is 233 g/mol. The maximum Gasteiger partial charge on any atom is 0.240 e. The molecule has 0 aromatic heterocycles. The molecule has 16 heavy (non-hydrogen) atoms. The minimum atomic E-state index is -3.69. The molecule has 2 N–H and O–H groups in total. The van der Waals surface area contributed by atoms with Crippen LogP contribution in [-0.4, -0.2) is 26.2 Å². The molecule has 1 atom stereocenters. The van der Waals surface area contributed by atoms with Crippen molar-refractivity contribution in [1.29, 1.82) is 0 Å². The van der Waals surface area contributed by atoms with E-state index in [0.717, 1.165) is 6.07 Å². The second-order valence-corrected chi connectivity index (χ2v) is 5.33. The summed E-state index contributed by atoms with van der Waals surface area (Å²) in [4.78, 5) is -0.00769. The largest absolute Gasteiger partial charge is 0.395 e. The fraction of sp³-hybridized carbons (Fsp3) is 0.400. The van der Waals surface area contributed by atoms with Crippen molar-refractivity contribution >= 4 is 10.0 Å². The summed E-state index contributed by atoms with van der Waals surface area (Å²) in [7, 11) is -3.69. The molecular formula is C10H14FNO3S. The average molecular weight is 247 g/mol. The fourth-order valence-corrected chi connectivity index (χ4v) is 2.47. The topological polar surface area (TPSA) is 66.4 Å². The zero-order chi connectivity index (χ0) is 12.3. The number of hydrogen-bond acceptors (Lipinski definition) is 3. The summed E-state index contributed by atoms with van der Waals surface area (Å²) in [6, 6.07) is 2.97. The Morgan fingerprint density at radius 1 is 1.50 bits per heavy atom. The molecule has 1 aromatic rings. The SMILES string of the molecule is Cc1cc(S(=O)(=O)NC(C)CO)ccc1F. The van der Waals surface area contributed by atoms with Crippen molar-refractivity contribution in [2.45, 2.75) is 24.8 Å². The molecule has 90 valence electrons. The highest BCUT2D eigenvalue weighted by molar-refractivity contribution is 7.89. The van der Waals surface area contributed by atoms with Crippen LogP contribution in [0, 0.1) is 12.7 Å². The first kappa shape index (κ1) is 13.1.